The van der Waals surface area contributed by atoms with Gasteiger partial charge in [0.05, 0.1) is 6.26 Å². The van der Waals surface area contributed by atoms with Crippen molar-refractivity contribution in [3.8, 4) is 5.75 Å². The predicted molar refractivity (Wildman–Crippen MR) is 51.0 cm³/mol. The van der Waals surface area contributed by atoms with Gasteiger partial charge in [0.15, 0.2) is 0 Å². The Morgan fingerprint density at radius 2 is 2.00 bits per heavy atom. The molecule has 0 bridgehead atoms. The third-order valence-electron chi connectivity index (χ3n) is 1.45. The van der Waals surface area contributed by atoms with Crippen molar-refractivity contribution in [3.05, 3.63) is 54.8 Å². The summed E-state index contributed by atoms with van der Waals surface area (Å²) >= 11 is 0. The Balaban J connectivity index is 2.60. The SMILES string of the molecule is C=CC(C)=COc1ccccc1. The number of benzene rings is 1. The second-order valence-corrected chi connectivity index (χ2v) is 2.50. The lowest BCUT2D eigenvalue weighted by molar-refractivity contribution is 0.477. The number of hydrogen-bond donors (Lipinski definition) is 0. The van der Waals surface area contributed by atoms with Crippen LogP contribution < -0.4 is 4.74 Å². The van der Waals surface area contributed by atoms with Crippen LogP contribution >= 0.6 is 0 Å². The normalized spacial score (nSPS) is 10.9. The fraction of sp³-hybridized carbons (Fsp3) is 0.0909. The fourth-order valence-corrected chi connectivity index (χ4v) is 0.708. The van der Waals surface area contributed by atoms with Gasteiger partial charge in [-0.05, 0) is 24.6 Å². The third kappa shape index (κ3) is 2.62. The largest absolute Gasteiger partial charge is 0.465 e. The van der Waals surface area contributed by atoms with Gasteiger partial charge >= 0.3 is 0 Å². The van der Waals surface area contributed by atoms with Gasteiger partial charge in [0.25, 0.3) is 0 Å². The van der Waals surface area contributed by atoms with Crippen molar-refractivity contribution >= 4 is 0 Å². The summed E-state index contributed by atoms with van der Waals surface area (Å²) < 4.78 is 5.33. The van der Waals surface area contributed by atoms with E-state index in [-0.39, 0.29) is 0 Å². The van der Waals surface area contributed by atoms with Gasteiger partial charge < -0.3 is 4.74 Å². The van der Waals surface area contributed by atoms with Crippen LogP contribution in [-0.2, 0) is 0 Å². The van der Waals surface area contributed by atoms with Gasteiger partial charge in [-0.2, -0.15) is 0 Å². The lowest BCUT2D eigenvalue weighted by atomic mass is 10.3. The molecule has 0 atom stereocenters. The van der Waals surface area contributed by atoms with Crippen molar-refractivity contribution in [1.29, 1.82) is 0 Å². The van der Waals surface area contributed by atoms with Crippen LogP contribution in [0.15, 0.2) is 54.8 Å². The summed E-state index contributed by atoms with van der Waals surface area (Å²) in [7, 11) is 0. The third-order valence-corrected chi connectivity index (χ3v) is 1.45. The van der Waals surface area contributed by atoms with E-state index in [2.05, 4.69) is 6.58 Å². The van der Waals surface area contributed by atoms with E-state index in [9.17, 15) is 0 Å². The zero-order valence-electron chi connectivity index (χ0n) is 7.16. The van der Waals surface area contributed by atoms with Crippen LogP contribution in [0.2, 0.25) is 0 Å². The molecular formula is C11H12O. The first-order valence-electron chi connectivity index (χ1n) is 3.84. The zero-order valence-corrected chi connectivity index (χ0v) is 7.16. The molecule has 1 aromatic carbocycles. The van der Waals surface area contributed by atoms with Gasteiger partial charge in [-0.25, -0.2) is 0 Å². The maximum absolute atomic E-state index is 5.33. The summed E-state index contributed by atoms with van der Waals surface area (Å²) in [4.78, 5) is 0. The molecular weight excluding hydrogens is 148 g/mol. The molecule has 1 nitrogen and oxygen atoms in total. The highest BCUT2D eigenvalue weighted by atomic mass is 16.5. The Labute approximate surface area is 73.0 Å². The summed E-state index contributed by atoms with van der Waals surface area (Å²) in [6.07, 6.45) is 3.44. The zero-order chi connectivity index (χ0) is 8.81. The lowest BCUT2D eigenvalue weighted by Gasteiger charge is -1.98. The molecule has 1 heteroatoms. The molecule has 1 aromatic rings. The molecule has 1 rings (SSSR count). The molecule has 0 N–H and O–H groups in total. The molecule has 0 fully saturated rings. The molecule has 0 saturated heterocycles. The van der Waals surface area contributed by atoms with E-state index in [0.717, 1.165) is 11.3 Å². The first-order valence-corrected chi connectivity index (χ1v) is 3.84. The number of hydrogen-bond acceptors (Lipinski definition) is 1. The lowest BCUT2D eigenvalue weighted by Crippen LogP contribution is -1.82. The molecule has 12 heavy (non-hydrogen) atoms. The minimum absolute atomic E-state index is 0.846. The molecule has 0 spiro atoms. The minimum Gasteiger partial charge on any atom is -0.465 e. The van der Waals surface area contributed by atoms with Crippen LogP contribution in [0.1, 0.15) is 6.92 Å². The highest BCUT2D eigenvalue weighted by molar-refractivity contribution is 5.23. The molecule has 0 amide bonds. The number of allylic oxidation sites excluding steroid dienone is 2. The van der Waals surface area contributed by atoms with Crippen LogP contribution in [0.3, 0.4) is 0 Å². The van der Waals surface area contributed by atoms with Crippen molar-refractivity contribution in [3.63, 3.8) is 0 Å². The molecule has 0 aliphatic carbocycles. The maximum Gasteiger partial charge on any atom is 0.126 e. The van der Waals surface area contributed by atoms with Crippen LogP contribution in [0.25, 0.3) is 0 Å². The van der Waals surface area contributed by atoms with Crippen LogP contribution in [-0.4, -0.2) is 0 Å². The average molecular weight is 160 g/mol. The van der Waals surface area contributed by atoms with Gasteiger partial charge in [-0.3, -0.25) is 0 Å². The fourth-order valence-electron chi connectivity index (χ4n) is 0.708. The monoisotopic (exact) mass is 160 g/mol. The van der Waals surface area contributed by atoms with Gasteiger partial charge in [0.2, 0.25) is 0 Å². The van der Waals surface area contributed by atoms with Gasteiger partial charge in [-0.1, -0.05) is 30.9 Å². The molecule has 0 aliphatic heterocycles. The maximum atomic E-state index is 5.33. The quantitative estimate of drug-likeness (QED) is 0.487. The highest BCUT2D eigenvalue weighted by Crippen LogP contribution is 2.09. The van der Waals surface area contributed by atoms with E-state index in [1.54, 1.807) is 12.3 Å². The van der Waals surface area contributed by atoms with Crippen molar-refractivity contribution in [2.45, 2.75) is 6.92 Å². The number of para-hydroxylation sites is 1. The molecule has 0 unspecified atom stereocenters. The van der Waals surface area contributed by atoms with Crippen LogP contribution in [0, 0.1) is 0 Å². The molecule has 0 saturated carbocycles. The first-order chi connectivity index (χ1) is 5.83. The summed E-state index contributed by atoms with van der Waals surface area (Å²) in [5, 5.41) is 0. The van der Waals surface area contributed by atoms with Crippen molar-refractivity contribution in [2.75, 3.05) is 0 Å². The van der Waals surface area contributed by atoms with E-state index in [1.165, 1.54) is 0 Å². The molecule has 0 radical (unpaired) electrons. The first kappa shape index (κ1) is 8.60. The minimum atomic E-state index is 0.846. The Morgan fingerprint density at radius 3 is 2.58 bits per heavy atom. The van der Waals surface area contributed by atoms with Crippen molar-refractivity contribution in [2.24, 2.45) is 0 Å². The topological polar surface area (TPSA) is 9.23 Å². The van der Waals surface area contributed by atoms with E-state index in [4.69, 9.17) is 4.74 Å². The summed E-state index contributed by atoms with van der Waals surface area (Å²) in [5.41, 5.74) is 1.01. The van der Waals surface area contributed by atoms with E-state index in [1.807, 2.05) is 37.3 Å². The van der Waals surface area contributed by atoms with E-state index >= 15 is 0 Å². The Hall–Kier alpha value is -1.50. The van der Waals surface area contributed by atoms with Crippen molar-refractivity contribution < 1.29 is 4.74 Å². The highest BCUT2D eigenvalue weighted by Gasteiger charge is 1.86. The molecule has 62 valence electrons. The Kier molecular flexibility index (Phi) is 3.15. The molecule has 0 aliphatic rings. The standard InChI is InChI=1S/C11H12O/c1-3-10(2)9-12-11-7-5-4-6-8-11/h3-9H,1H2,2H3. The Morgan fingerprint density at radius 1 is 1.33 bits per heavy atom. The summed E-state index contributed by atoms with van der Waals surface area (Å²) in [6, 6.07) is 9.65. The molecule has 0 aromatic heterocycles. The number of rotatable bonds is 3. The smallest absolute Gasteiger partial charge is 0.126 e. The number of ether oxygens (including phenoxy) is 1. The summed E-state index contributed by atoms with van der Waals surface area (Å²) in [5.74, 6) is 0.846. The van der Waals surface area contributed by atoms with E-state index < -0.39 is 0 Å². The summed E-state index contributed by atoms with van der Waals surface area (Å²) in [6.45, 7) is 5.57. The van der Waals surface area contributed by atoms with Gasteiger partial charge in [0, 0.05) is 0 Å². The van der Waals surface area contributed by atoms with Crippen LogP contribution in [0.5, 0.6) is 5.75 Å². The second kappa shape index (κ2) is 4.39. The average Bonchev–Trinajstić information content (AvgIpc) is 2.16. The second-order valence-electron chi connectivity index (χ2n) is 2.50. The van der Waals surface area contributed by atoms with Gasteiger partial charge in [-0.15, -0.1) is 0 Å². The van der Waals surface area contributed by atoms with Crippen molar-refractivity contribution in [1.82, 2.24) is 0 Å². The van der Waals surface area contributed by atoms with E-state index in [0.29, 0.717) is 0 Å². The predicted octanol–water partition coefficient (Wildman–Crippen LogP) is 3.16. The van der Waals surface area contributed by atoms with Gasteiger partial charge in [0.1, 0.15) is 5.75 Å². The molecule has 0 heterocycles. The Bertz CT molecular complexity index is 272. The van der Waals surface area contributed by atoms with Crippen LogP contribution in [0.4, 0.5) is 0 Å².